The molecule has 0 saturated heterocycles. The van der Waals surface area contributed by atoms with Gasteiger partial charge in [0.15, 0.2) is 0 Å². The molecule has 0 fully saturated rings. The fourth-order valence-electron chi connectivity index (χ4n) is 1.34. The van der Waals surface area contributed by atoms with Crippen LogP contribution in [0.4, 0.5) is 0 Å². The maximum Gasteiger partial charge on any atom is 0.347 e. The number of ketones is 1. The van der Waals surface area contributed by atoms with E-state index in [1.54, 1.807) is 27.7 Å². The molecule has 1 rings (SSSR count). The minimum Gasteiger partial charge on any atom is -0.473 e. The quantitative estimate of drug-likeness (QED) is 0.313. The van der Waals surface area contributed by atoms with Gasteiger partial charge < -0.3 is 14.3 Å². The van der Waals surface area contributed by atoms with Crippen LogP contribution in [0.2, 0.25) is 0 Å². The van der Waals surface area contributed by atoms with Crippen LogP contribution in [-0.4, -0.2) is 51.2 Å². The van der Waals surface area contributed by atoms with E-state index in [-0.39, 0.29) is 19.0 Å². The molecule has 0 aliphatic heterocycles. The molecule has 0 bridgehead atoms. The Kier molecular flexibility index (Phi) is 6.48. The third-order valence-electron chi connectivity index (χ3n) is 2.04. The molecule has 0 spiro atoms. The zero-order chi connectivity index (χ0) is 16.6. The van der Waals surface area contributed by atoms with Gasteiger partial charge in [0.05, 0.1) is 6.61 Å². The third kappa shape index (κ3) is 6.82. The molecule has 0 amide bonds. The molecule has 0 aromatic carbocycles. The molecule has 22 heavy (non-hydrogen) atoms. The highest BCUT2D eigenvalue weighted by Gasteiger charge is 2.18. The number of carbonyl (C=O) groups excluding carboxylic acids is 2. The summed E-state index contributed by atoms with van der Waals surface area (Å²) < 4.78 is 11.5. The first kappa shape index (κ1) is 17.6. The highest BCUT2D eigenvalue weighted by molar-refractivity contribution is 6.35. The Bertz CT molecular complexity index is 519. The van der Waals surface area contributed by atoms with E-state index in [2.05, 4.69) is 15.2 Å². The average molecular weight is 312 g/mol. The molecular formula is C13H20N4O5. The molecule has 0 unspecified atom stereocenters. The monoisotopic (exact) mass is 312 g/mol. The predicted molar refractivity (Wildman–Crippen MR) is 75.9 cm³/mol. The van der Waals surface area contributed by atoms with Crippen molar-refractivity contribution in [3.63, 3.8) is 0 Å². The molecule has 1 aromatic rings. The Morgan fingerprint density at radius 2 is 2.05 bits per heavy atom. The zero-order valence-electron chi connectivity index (χ0n) is 13.1. The Morgan fingerprint density at radius 1 is 1.32 bits per heavy atom. The topological polar surface area (TPSA) is 105 Å². The van der Waals surface area contributed by atoms with Crippen LogP contribution in [0, 0.1) is 0 Å². The Hall–Kier alpha value is -2.45. The second kappa shape index (κ2) is 8.11. The molecule has 0 saturated carbocycles. The molecule has 122 valence electrons. The van der Waals surface area contributed by atoms with Gasteiger partial charge in [-0.1, -0.05) is 0 Å². The summed E-state index contributed by atoms with van der Waals surface area (Å²) >= 11 is 0. The van der Waals surface area contributed by atoms with E-state index in [1.807, 2.05) is 0 Å². The number of aromatic nitrogens is 3. The highest BCUT2D eigenvalue weighted by Crippen LogP contribution is 2.06. The van der Waals surface area contributed by atoms with Gasteiger partial charge in [-0.05, 0) is 32.9 Å². The maximum absolute atomic E-state index is 12.0. The summed E-state index contributed by atoms with van der Waals surface area (Å²) in [6, 6.07) is 0. The number of hydrogen-bond acceptors (Lipinski definition) is 8. The minimum atomic E-state index is -0.615. The van der Waals surface area contributed by atoms with Gasteiger partial charge >= 0.3 is 5.97 Å². The first-order chi connectivity index (χ1) is 10.3. The number of esters is 1. The summed E-state index contributed by atoms with van der Waals surface area (Å²) in [5, 5.41) is 7.35. The van der Waals surface area contributed by atoms with Crippen LogP contribution in [0.5, 0.6) is 0 Å². The normalized spacial score (nSPS) is 11.9. The smallest absolute Gasteiger partial charge is 0.347 e. The molecule has 9 heteroatoms. The third-order valence-corrected chi connectivity index (χ3v) is 2.04. The van der Waals surface area contributed by atoms with E-state index < -0.39 is 24.0 Å². The Balaban J connectivity index is 2.54. The van der Waals surface area contributed by atoms with E-state index in [0.717, 1.165) is 0 Å². The van der Waals surface area contributed by atoms with Crippen LogP contribution in [-0.2, 0) is 30.4 Å². The number of rotatable bonds is 7. The fourth-order valence-corrected chi connectivity index (χ4v) is 1.34. The van der Waals surface area contributed by atoms with Crippen LogP contribution in [0.25, 0.3) is 0 Å². The van der Waals surface area contributed by atoms with Gasteiger partial charge in [0.1, 0.15) is 24.8 Å². The molecule has 1 heterocycles. The summed E-state index contributed by atoms with van der Waals surface area (Å²) in [5.41, 5.74) is -0.615. The first-order valence-corrected chi connectivity index (χ1v) is 6.72. The van der Waals surface area contributed by atoms with Crippen molar-refractivity contribution >= 4 is 17.7 Å². The van der Waals surface area contributed by atoms with Gasteiger partial charge in [-0.2, -0.15) is 5.10 Å². The van der Waals surface area contributed by atoms with Crippen LogP contribution >= 0.6 is 0 Å². The van der Waals surface area contributed by atoms with Crippen molar-refractivity contribution < 1.29 is 23.9 Å². The summed E-state index contributed by atoms with van der Waals surface area (Å²) in [7, 11) is 0. The van der Waals surface area contributed by atoms with Crippen LogP contribution in [0.15, 0.2) is 17.8 Å². The molecule has 0 radical (unpaired) electrons. The van der Waals surface area contributed by atoms with Crippen LogP contribution in [0.1, 0.15) is 27.7 Å². The Morgan fingerprint density at radius 3 is 2.59 bits per heavy atom. The number of nitrogens with zero attached hydrogens (tertiary/aromatic N) is 4. The average Bonchev–Trinajstić information content (AvgIpc) is 2.88. The second-order valence-corrected chi connectivity index (χ2v) is 5.21. The van der Waals surface area contributed by atoms with Crippen LogP contribution < -0.4 is 0 Å². The van der Waals surface area contributed by atoms with Gasteiger partial charge in [-0.3, -0.25) is 4.79 Å². The SMILES string of the molecule is CCO/C(=N\OCC(=O)OC(C)(C)C)C(=O)Cn1cncn1. The van der Waals surface area contributed by atoms with Gasteiger partial charge in [0.2, 0.25) is 12.4 Å². The van der Waals surface area contributed by atoms with E-state index in [1.165, 1.54) is 17.3 Å². The highest BCUT2D eigenvalue weighted by atomic mass is 16.7. The summed E-state index contributed by atoms with van der Waals surface area (Å²) in [6.45, 7) is 6.65. The van der Waals surface area contributed by atoms with E-state index in [9.17, 15) is 9.59 Å². The molecule has 9 nitrogen and oxygen atoms in total. The molecule has 0 atom stereocenters. The van der Waals surface area contributed by atoms with Gasteiger partial charge in [-0.25, -0.2) is 14.5 Å². The Labute approximate surface area is 128 Å². The van der Waals surface area contributed by atoms with Gasteiger partial charge in [-0.15, -0.1) is 0 Å². The van der Waals surface area contributed by atoms with Crippen molar-refractivity contribution in [2.24, 2.45) is 5.16 Å². The lowest BCUT2D eigenvalue weighted by atomic mass is 10.2. The van der Waals surface area contributed by atoms with Crippen molar-refractivity contribution in [2.45, 2.75) is 39.8 Å². The number of ether oxygens (including phenoxy) is 2. The maximum atomic E-state index is 12.0. The van der Waals surface area contributed by atoms with E-state index in [0.29, 0.717) is 0 Å². The second-order valence-electron chi connectivity index (χ2n) is 5.21. The van der Waals surface area contributed by atoms with Gasteiger partial charge in [0.25, 0.3) is 5.90 Å². The van der Waals surface area contributed by atoms with Crippen molar-refractivity contribution in [2.75, 3.05) is 13.2 Å². The summed E-state index contributed by atoms with van der Waals surface area (Å²) in [4.78, 5) is 32.0. The van der Waals surface area contributed by atoms with Crippen molar-refractivity contribution in [1.82, 2.24) is 14.8 Å². The van der Waals surface area contributed by atoms with Gasteiger partial charge in [0, 0.05) is 0 Å². The lowest BCUT2D eigenvalue weighted by Crippen LogP contribution is -2.27. The van der Waals surface area contributed by atoms with E-state index >= 15 is 0 Å². The van der Waals surface area contributed by atoms with Crippen molar-refractivity contribution in [1.29, 1.82) is 0 Å². The lowest BCUT2D eigenvalue weighted by Gasteiger charge is -2.18. The van der Waals surface area contributed by atoms with Crippen LogP contribution in [0.3, 0.4) is 0 Å². The molecule has 0 N–H and O–H groups in total. The number of Topliss-reactive ketones (excluding diaryl/α,β-unsaturated/α-hetero) is 1. The number of carbonyl (C=O) groups is 2. The largest absolute Gasteiger partial charge is 0.473 e. The first-order valence-electron chi connectivity index (χ1n) is 6.72. The fraction of sp³-hybridized carbons (Fsp3) is 0.615. The molecule has 1 aromatic heterocycles. The van der Waals surface area contributed by atoms with Crippen molar-refractivity contribution in [3.05, 3.63) is 12.7 Å². The molecule has 0 aliphatic rings. The molecular weight excluding hydrogens is 292 g/mol. The summed E-state index contributed by atoms with van der Waals surface area (Å²) in [6.07, 6.45) is 2.70. The molecule has 0 aliphatic carbocycles. The zero-order valence-corrected chi connectivity index (χ0v) is 13.1. The predicted octanol–water partition coefficient (Wildman–Crippen LogP) is 0.555. The van der Waals surface area contributed by atoms with Crippen molar-refractivity contribution in [3.8, 4) is 0 Å². The lowest BCUT2D eigenvalue weighted by molar-refractivity contribution is -0.160. The minimum absolute atomic E-state index is 0.0887. The standard InChI is InChI=1S/C13H20N4O5/c1-5-20-12(10(18)6-17-9-14-8-15-17)16-21-7-11(19)22-13(2,3)4/h8-9H,5-7H2,1-4H3/b16-12-. The number of hydrogen-bond donors (Lipinski definition) is 0. The number of oxime groups is 1. The summed E-state index contributed by atoms with van der Waals surface area (Å²) in [5.74, 6) is -1.27. The van der Waals surface area contributed by atoms with E-state index in [4.69, 9.17) is 14.3 Å².